The third kappa shape index (κ3) is 7.84. The number of rotatable bonds is 8. The van der Waals surface area contributed by atoms with Crippen LogP contribution < -0.4 is 15.8 Å². The van der Waals surface area contributed by atoms with Crippen LogP contribution >= 0.6 is 0 Å². The lowest BCUT2D eigenvalue weighted by molar-refractivity contribution is -0.118. The number of guanidine groups is 1. The van der Waals surface area contributed by atoms with Gasteiger partial charge in [0.05, 0.1) is 6.61 Å². The summed E-state index contributed by atoms with van der Waals surface area (Å²) >= 11 is 0. The molecule has 2 aromatic rings. The molecule has 0 amide bonds. The van der Waals surface area contributed by atoms with E-state index in [1.165, 1.54) is 12.3 Å². The number of ether oxygens (including phenoxy) is 1. The smallest absolute Gasteiger partial charge is 0.408 e. The van der Waals surface area contributed by atoms with Crippen LogP contribution in [0.4, 0.5) is 19.0 Å². The minimum Gasteiger partial charge on any atom is -0.463 e. The van der Waals surface area contributed by atoms with E-state index in [1.54, 1.807) is 12.4 Å². The summed E-state index contributed by atoms with van der Waals surface area (Å²) in [6.07, 6.45) is 2.75. The lowest BCUT2D eigenvalue weighted by Crippen LogP contribution is -2.26. The second-order valence-electron chi connectivity index (χ2n) is 5.48. The lowest BCUT2D eigenvalue weighted by atomic mass is 10.2. The number of aliphatic imine (C=N–C) groups is 1. The van der Waals surface area contributed by atoms with E-state index in [0.717, 1.165) is 17.8 Å². The molecule has 0 spiro atoms. The van der Waals surface area contributed by atoms with Gasteiger partial charge >= 0.3 is 12.2 Å². The number of aromatic nitrogens is 4. The van der Waals surface area contributed by atoms with Crippen LogP contribution in [0.5, 0.6) is 6.01 Å². The number of hydrogen-bond acceptors (Lipinski definition) is 6. The van der Waals surface area contributed by atoms with E-state index in [0.29, 0.717) is 19.4 Å². The van der Waals surface area contributed by atoms with Gasteiger partial charge in [-0.15, -0.1) is 0 Å². The molecule has 0 saturated heterocycles. The summed E-state index contributed by atoms with van der Waals surface area (Å²) in [4.78, 5) is 19.6. The van der Waals surface area contributed by atoms with Crippen LogP contribution in [-0.4, -0.2) is 45.2 Å². The van der Waals surface area contributed by atoms with Crippen LogP contribution in [0.2, 0.25) is 0 Å². The Kier molecular flexibility index (Phi) is 7.26. The highest BCUT2D eigenvalue weighted by Gasteiger charge is 2.26. The fraction of sp³-hybridized carbons (Fsp3) is 0.438. The first-order chi connectivity index (χ1) is 12.9. The molecule has 0 unspecified atom stereocenters. The van der Waals surface area contributed by atoms with Crippen molar-refractivity contribution in [3.05, 3.63) is 36.0 Å². The molecule has 0 radical (unpaired) electrons. The van der Waals surface area contributed by atoms with Crippen molar-refractivity contribution in [2.75, 3.05) is 18.5 Å². The van der Waals surface area contributed by atoms with Crippen molar-refractivity contribution in [2.45, 2.75) is 32.4 Å². The average molecular weight is 383 g/mol. The minimum atomic E-state index is -4.42. The van der Waals surface area contributed by atoms with Crippen molar-refractivity contribution in [3.8, 4) is 6.01 Å². The van der Waals surface area contributed by atoms with Gasteiger partial charge in [-0.25, -0.2) is 19.9 Å². The van der Waals surface area contributed by atoms with Gasteiger partial charge < -0.3 is 15.8 Å². The normalized spacial score (nSPS) is 12.1. The van der Waals surface area contributed by atoms with Crippen LogP contribution in [0.3, 0.4) is 0 Å². The van der Waals surface area contributed by atoms with E-state index in [9.17, 15) is 13.2 Å². The van der Waals surface area contributed by atoms with E-state index >= 15 is 0 Å². The molecular formula is C16H20F3N7O. The quantitative estimate of drug-likeness (QED) is 0.408. The van der Waals surface area contributed by atoms with Gasteiger partial charge in [-0.1, -0.05) is 6.92 Å². The number of anilines is 1. The van der Waals surface area contributed by atoms with Gasteiger partial charge in [0, 0.05) is 25.0 Å². The molecule has 0 aliphatic carbocycles. The molecule has 2 aromatic heterocycles. The number of hydrogen-bond donors (Lipinski definition) is 2. The first-order valence-corrected chi connectivity index (χ1v) is 8.25. The number of nitrogens with zero attached hydrogens (tertiary/aromatic N) is 5. The molecule has 146 valence electrons. The predicted octanol–water partition coefficient (Wildman–Crippen LogP) is 2.13. The summed E-state index contributed by atoms with van der Waals surface area (Å²) in [5.41, 5.74) is 6.47. The minimum absolute atomic E-state index is 0.0749. The second kappa shape index (κ2) is 9.64. The van der Waals surface area contributed by atoms with Crippen LogP contribution in [0.15, 0.2) is 29.6 Å². The maximum absolute atomic E-state index is 12.1. The number of nitrogens with two attached hydrogens (primary N) is 1. The first-order valence-electron chi connectivity index (χ1n) is 8.25. The first kappa shape index (κ1) is 20.3. The molecule has 0 bridgehead atoms. The topological polar surface area (TPSA) is 111 Å². The Balaban J connectivity index is 1.79. The van der Waals surface area contributed by atoms with Gasteiger partial charge in [-0.2, -0.15) is 18.2 Å². The van der Waals surface area contributed by atoms with Crippen molar-refractivity contribution >= 4 is 11.8 Å². The van der Waals surface area contributed by atoms with Crippen molar-refractivity contribution < 1.29 is 17.9 Å². The molecule has 0 aliphatic rings. The standard InChI is InChI=1S/C16H20F3N7O/c1-2-11-8-22-12(23-9-11)4-3-7-27-15-21-6-5-13(26-15)25-14(20)24-10-16(17,18)19/h5-6,8-9H,2-4,7,10H2,1H3,(H3,20,21,24,25,26). The Morgan fingerprint density at radius 2 is 2.00 bits per heavy atom. The Hall–Kier alpha value is -2.98. The molecule has 11 heteroatoms. The Morgan fingerprint density at radius 1 is 1.26 bits per heavy atom. The molecule has 3 N–H and O–H groups in total. The van der Waals surface area contributed by atoms with Gasteiger partial charge in [0.1, 0.15) is 18.2 Å². The lowest BCUT2D eigenvalue weighted by Gasteiger charge is -2.08. The van der Waals surface area contributed by atoms with E-state index in [-0.39, 0.29) is 11.8 Å². The fourth-order valence-electron chi connectivity index (χ4n) is 1.91. The Bertz CT molecular complexity index is 750. The van der Waals surface area contributed by atoms with E-state index in [4.69, 9.17) is 10.5 Å². The summed E-state index contributed by atoms with van der Waals surface area (Å²) in [6.45, 7) is 0.993. The zero-order valence-corrected chi connectivity index (χ0v) is 14.7. The van der Waals surface area contributed by atoms with Crippen LogP contribution in [-0.2, 0) is 12.8 Å². The molecule has 0 aromatic carbocycles. The number of nitrogens with one attached hydrogen (secondary N) is 1. The van der Waals surface area contributed by atoms with Crippen molar-refractivity contribution in [3.63, 3.8) is 0 Å². The maximum atomic E-state index is 12.1. The van der Waals surface area contributed by atoms with E-state index < -0.39 is 18.7 Å². The highest BCUT2D eigenvalue weighted by atomic mass is 19.4. The van der Waals surface area contributed by atoms with E-state index in [1.807, 2.05) is 6.92 Å². The Morgan fingerprint density at radius 3 is 2.67 bits per heavy atom. The summed E-state index contributed by atoms with van der Waals surface area (Å²) in [5, 5.41) is 2.46. The SMILES string of the molecule is CCc1cnc(CCCOc2nccc(NC(N)=NCC(F)(F)F)n2)nc1. The molecule has 27 heavy (non-hydrogen) atoms. The Labute approximate surface area is 154 Å². The fourth-order valence-corrected chi connectivity index (χ4v) is 1.91. The molecule has 2 rings (SSSR count). The van der Waals surface area contributed by atoms with E-state index in [2.05, 4.69) is 30.2 Å². The summed E-state index contributed by atoms with van der Waals surface area (Å²) < 4.78 is 41.8. The summed E-state index contributed by atoms with van der Waals surface area (Å²) in [7, 11) is 0. The number of halogens is 3. The number of alkyl halides is 3. The number of aryl methyl sites for hydroxylation is 2. The molecule has 2 heterocycles. The van der Waals surface area contributed by atoms with Crippen molar-refractivity contribution in [2.24, 2.45) is 10.7 Å². The molecule has 0 aliphatic heterocycles. The molecule has 8 nitrogen and oxygen atoms in total. The van der Waals surface area contributed by atoms with Crippen LogP contribution in [0, 0.1) is 0 Å². The highest BCUT2D eigenvalue weighted by molar-refractivity contribution is 5.91. The average Bonchev–Trinajstić information content (AvgIpc) is 2.64. The molecule has 0 fully saturated rings. The monoisotopic (exact) mass is 383 g/mol. The zero-order chi connectivity index (χ0) is 19.7. The molecule has 0 atom stereocenters. The third-order valence-corrected chi connectivity index (χ3v) is 3.26. The third-order valence-electron chi connectivity index (χ3n) is 3.26. The van der Waals surface area contributed by atoms with Crippen molar-refractivity contribution in [1.29, 1.82) is 0 Å². The van der Waals surface area contributed by atoms with Crippen molar-refractivity contribution in [1.82, 2.24) is 19.9 Å². The van der Waals surface area contributed by atoms with Crippen LogP contribution in [0.25, 0.3) is 0 Å². The van der Waals surface area contributed by atoms with Crippen LogP contribution in [0.1, 0.15) is 24.7 Å². The summed E-state index contributed by atoms with van der Waals surface area (Å²) in [6, 6.07) is 1.51. The maximum Gasteiger partial charge on any atom is 0.408 e. The molecular weight excluding hydrogens is 363 g/mol. The predicted molar refractivity (Wildman–Crippen MR) is 93.4 cm³/mol. The summed E-state index contributed by atoms with van der Waals surface area (Å²) in [5.74, 6) is 0.507. The van der Waals surface area contributed by atoms with Gasteiger partial charge in [0.15, 0.2) is 5.96 Å². The van der Waals surface area contributed by atoms with Gasteiger partial charge in [0.2, 0.25) is 0 Å². The van der Waals surface area contributed by atoms with Gasteiger partial charge in [0.25, 0.3) is 0 Å². The second-order valence-corrected chi connectivity index (χ2v) is 5.48. The van der Waals surface area contributed by atoms with Gasteiger partial charge in [-0.05, 0) is 24.5 Å². The van der Waals surface area contributed by atoms with Gasteiger partial charge in [-0.3, -0.25) is 0 Å². The zero-order valence-electron chi connectivity index (χ0n) is 14.7. The largest absolute Gasteiger partial charge is 0.463 e. The highest BCUT2D eigenvalue weighted by Crippen LogP contribution is 2.14. The molecule has 0 saturated carbocycles.